The maximum absolute atomic E-state index is 12.6. The number of nitrogens with zero attached hydrogens (tertiary/aromatic N) is 2. The Labute approximate surface area is 223 Å². The summed E-state index contributed by atoms with van der Waals surface area (Å²) in [5.74, 6) is 0.516. The topological polar surface area (TPSA) is 75.7 Å². The molecule has 200 valence electrons. The fourth-order valence-corrected chi connectivity index (χ4v) is 4.40. The SMILES string of the molecule is O=C(Nc1ccc(OC(F)(F)F)cc1)Nc1cccnc1Oc1cccc2c1CCN(Cc1ccccc1)C2. The Kier molecular flexibility index (Phi) is 7.64. The first-order valence-corrected chi connectivity index (χ1v) is 12.3. The van der Waals surface area contributed by atoms with Crippen molar-refractivity contribution >= 4 is 17.4 Å². The molecule has 1 aromatic heterocycles. The minimum atomic E-state index is -4.79. The molecule has 0 aliphatic carbocycles. The van der Waals surface area contributed by atoms with Crippen molar-refractivity contribution in [1.82, 2.24) is 9.88 Å². The second-order valence-corrected chi connectivity index (χ2v) is 8.95. The van der Waals surface area contributed by atoms with Gasteiger partial charge in [0.1, 0.15) is 17.2 Å². The highest BCUT2D eigenvalue weighted by Gasteiger charge is 2.31. The van der Waals surface area contributed by atoms with Crippen molar-refractivity contribution in [2.24, 2.45) is 0 Å². The van der Waals surface area contributed by atoms with E-state index in [0.29, 0.717) is 11.4 Å². The van der Waals surface area contributed by atoms with Crippen molar-refractivity contribution in [2.75, 3.05) is 17.2 Å². The summed E-state index contributed by atoms with van der Waals surface area (Å²) < 4.78 is 47.1. The van der Waals surface area contributed by atoms with Crippen molar-refractivity contribution in [3.05, 3.63) is 108 Å². The fourth-order valence-electron chi connectivity index (χ4n) is 4.40. The Morgan fingerprint density at radius 3 is 2.49 bits per heavy atom. The zero-order chi connectivity index (χ0) is 27.2. The molecule has 1 aliphatic rings. The van der Waals surface area contributed by atoms with E-state index in [-0.39, 0.29) is 17.3 Å². The van der Waals surface area contributed by atoms with Gasteiger partial charge in [-0.15, -0.1) is 13.2 Å². The van der Waals surface area contributed by atoms with Crippen molar-refractivity contribution in [3.63, 3.8) is 0 Å². The molecule has 3 aromatic carbocycles. The molecule has 2 amide bonds. The van der Waals surface area contributed by atoms with E-state index in [1.165, 1.54) is 23.3 Å². The van der Waals surface area contributed by atoms with Gasteiger partial charge in [-0.3, -0.25) is 4.90 Å². The molecule has 5 rings (SSSR count). The van der Waals surface area contributed by atoms with Crippen LogP contribution in [0.15, 0.2) is 91.1 Å². The number of hydrogen-bond donors (Lipinski definition) is 2. The van der Waals surface area contributed by atoms with Gasteiger partial charge in [0.05, 0.1) is 0 Å². The Hall–Kier alpha value is -4.57. The number of nitrogens with one attached hydrogen (secondary N) is 2. The van der Waals surface area contributed by atoms with E-state index in [4.69, 9.17) is 4.74 Å². The van der Waals surface area contributed by atoms with Gasteiger partial charge in [-0.1, -0.05) is 42.5 Å². The monoisotopic (exact) mass is 534 g/mol. The second-order valence-electron chi connectivity index (χ2n) is 8.95. The van der Waals surface area contributed by atoms with Gasteiger partial charge in [0.25, 0.3) is 0 Å². The lowest BCUT2D eigenvalue weighted by atomic mass is 9.98. The smallest absolute Gasteiger partial charge is 0.437 e. The number of ether oxygens (including phenoxy) is 2. The molecule has 2 N–H and O–H groups in total. The number of carbonyl (C=O) groups excluding carboxylic acids is 1. The molecule has 4 aromatic rings. The number of alkyl halides is 3. The molecule has 2 heterocycles. The van der Waals surface area contributed by atoms with Crippen LogP contribution in [0, 0.1) is 0 Å². The van der Waals surface area contributed by atoms with E-state index >= 15 is 0 Å². The first-order valence-electron chi connectivity index (χ1n) is 12.3. The van der Waals surface area contributed by atoms with Crippen LogP contribution in [0.2, 0.25) is 0 Å². The molecule has 0 saturated carbocycles. The molecule has 0 spiro atoms. The van der Waals surface area contributed by atoms with Crippen molar-refractivity contribution < 1.29 is 27.4 Å². The number of pyridine rings is 1. The number of halogens is 3. The third kappa shape index (κ3) is 7.05. The molecule has 0 saturated heterocycles. The zero-order valence-electron chi connectivity index (χ0n) is 20.7. The van der Waals surface area contributed by atoms with Gasteiger partial charge >= 0.3 is 12.4 Å². The predicted octanol–water partition coefficient (Wildman–Crippen LogP) is 6.97. The van der Waals surface area contributed by atoms with Crippen LogP contribution < -0.4 is 20.1 Å². The van der Waals surface area contributed by atoms with E-state index in [0.717, 1.165) is 43.8 Å². The van der Waals surface area contributed by atoms with Crippen LogP contribution >= 0.6 is 0 Å². The van der Waals surface area contributed by atoms with Crippen LogP contribution in [0.3, 0.4) is 0 Å². The summed E-state index contributed by atoms with van der Waals surface area (Å²) in [5, 5.41) is 5.26. The summed E-state index contributed by atoms with van der Waals surface area (Å²) in [6, 6.07) is 23.8. The zero-order valence-corrected chi connectivity index (χ0v) is 20.7. The van der Waals surface area contributed by atoms with Gasteiger partial charge in [-0.25, -0.2) is 9.78 Å². The third-order valence-corrected chi connectivity index (χ3v) is 6.12. The highest BCUT2D eigenvalue weighted by atomic mass is 19.4. The molecule has 0 unspecified atom stereocenters. The van der Waals surface area contributed by atoms with Crippen molar-refractivity contribution in [3.8, 4) is 17.4 Å². The number of amides is 2. The summed E-state index contributed by atoms with van der Waals surface area (Å²) in [5.41, 5.74) is 4.16. The fraction of sp³-hybridized carbons (Fsp3) is 0.172. The van der Waals surface area contributed by atoms with Crippen molar-refractivity contribution in [2.45, 2.75) is 25.9 Å². The number of fused-ring (bicyclic) bond motifs is 1. The van der Waals surface area contributed by atoms with Gasteiger partial charge < -0.3 is 20.1 Å². The average Bonchev–Trinajstić information content (AvgIpc) is 2.91. The number of aromatic nitrogens is 1. The lowest BCUT2D eigenvalue weighted by molar-refractivity contribution is -0.274. The summed E-state index contributed by atoms with van der Waals surface area (Å²) in [4.78, 5) is 19.3. The maximum atomic E-state index is 12.6. The molecule has 1 aliphatic heterocycles. The van der Waals surface area contributed by atoms with Crippen LogP contribution in [-0.4, -0.2) is 28.8 Å². The molecular weight excluding hydrogens is 509 g/mol. The summed E-state index contributed by atoms with van der Waals surface area (Å²) >= 11 is 0. The highest BCUT2D eigenvalue weighted by molar-refractivity contribution is 6.00. The van der Waals surface area contributed by atoms with Crippen molar-refractivity contribution in [1.29, 1.82) is 0 Å². The standard InChI is InChI=1S/C29H25F3N4O3/c30-29(31,32)39-23-13-11-22(12-14-23)34-28(37)35-25-9-5-16-33-27(25)38-26-10-4-8-21-19-36(17-15-24(21)26)18-20-6-2-1-3-7-20/h1-14,16H,15,17-19H2,(H2,34,35,37). The predicted molar refractivity (Wildman–Crippen MR) is 141 cm³/mol. The van der Waals surface area contributed by atoms with E-state index in [9.17, 15) is 18.0 Å². The Morgan fingerprint density at radius 2 is 1.72 bits per heavy atom. The Balaban J connectivity index is 1.24. The van der Waals surface area contributed by atoms with Gasteiger partial charge in [0.15, 0.2) is 0 Å². The number of anilines is 2. The summed E-state index contributed by atoms with van der Waals surface area (Å²) in [6.45, 7) is 2.54. The maximum Gasteiger partial charge on any atom is 0.573 e. The molecule has 7 nitrogen and oxygen atoms in total. The molecule has 10 heteroatoms. The number of urea groups is 1. The molecule has 0 fully saturated rings. The van der Waals surface area contributed by atoms with E-state index in [2.05, 4.69) is 43.5 Å². The quantitative estimate of drug-likeness (QED) is 0.268. The van der Waals surface area contributed by atoms with Gasteiger partial charge in [-0.05, 0) is 60.0 Å². The normalized spacial score (nSPS) is 13.3. The summed E-state index contributed by atoms with van der Waals surface area (Å²) in [7, 11) is 0. The van der Waals surface area contributed by atoms with Gasteiger partial charge in [-0.2, -0.15) is 0 Å². The number of rotatable bonds is 7. The van der Waals surface area contributed by atoms with Gasteiger partial charge in [0.2, 0.25) is 5.88 Å². The molecule has 39 heavy (non-hydrogen) atoms. The Morgan fingerprint density at radius 1 is 0.923 bits per heavy atom. The van der Waals surface area contributed by atoms with Crippen LogP contribution in [0.1, 0.15) is 16.7 Å². The minimum absolute atomic E-state index is 0.224. The lowest BCUT2D eigenvalue weighted by Crippen LogP contribution is -2.30. The first-order chi connectivity index (χ1) is 18.8. The molecule has 0 radical (unpaired) electrons. The Bertz CT molecular complexity index is 1430. The first kappa shape index (κ1) is 26.1. The van der Waals surface area contributed by atoms with Gasteiger partial charge in [0, 0.05) is 37.1 Å². The highest BCUT2D eigenvalue weighted by Crippen LogP contribution is 2.34. The van der Waals surface area contributed by atoms with Crippen LogP contribution in [-0.2, 0) is 19.5 Å². The number of carbonyl (C=O) groups is 1. The van der Waals surface area contributed by atoms with E-state index < -0.39 is 12.4 Å². The van der Waals surface area contributed by atoms with Crippen LogP contribution in [0.5, 0.6) is 17.4 Å². The van der Waals surface area contributed by atoms with Crippen LogP contribution in [0.25, 0.3) is 0 Å². The average molecular weight is 535 g/mol. The van der Waals surface area contributed by atoms with Crippen LogP contribution in [0.4, 0.5) is 29.3 Å². The number of benzene rings is 3. The molecule has 0 atom stereocenters. The third-order valence-electron chi connectivity index (χ3n) is 6.12. The largest absolute Gasteiger partial charge is 0.573 e. The lowest BCUT2D eigenvalue weighted by Gasteiger charge is -2.30. The molecule has 0 bridgehead atoms. The minimum Gasteiger partial charge on any atom is -0.437 e. The van der Waals surface area contributed by atoms with E-state index in [1.807, 2.05) is 30.3 Å². The summed E-state index contributed by atoms with van der Waals surface area (Å²) in [6.07, 6.45) is -2.42. The number of hydrogen-bond acceptors (Lipinski definition) is 5. The second kappa shape index (κ2) is 11.4. The molecular formula is C29H25F3N4O3. The van der Waals surface area contributed by atoms with E-state index in [1.54, 1.807) is 18.3 Å².